The molecule has 0 amide bonds. The smallest absolute Gasteiger partial charge is 0.338 e. The molecule has 21 heavy (non-hydrogen) atoms. The van der Waals surface area contributed by atoms with E-state index in [1.54, 1.807) is 6.92 Å². The van der Waals surface area contributed by atoms with Crippen LogP contribution in [0.25, 0.3) is 0 Å². The van der Waals surface area contributed by atoms with Crippen molar-refractivity contribution in [2.45, 2.75) is 19.4 Å². The van der Waals surface area contributed by atoms with Crippen molar-refractivity contribution in [2.75, 3.05) is 6.61 Å². The van der Waals surface area contributed by atoms with Gasteiger partial charge in [-0.25, -0.2) is 9.59 Å². The van der Waals surface area contributed by atoms with Crippen molar-refractivity contribution < 1.29 is 29.0 Å². The van der Waals surface area contributed by atoms with Crippen LogP contribution in [0.3, 0.4) is 0 Å². The number of hydrogen-bond donors (Lipinski definition) is 0. The van der Waals surface area contributed by atoms with Gasteiger partial charge in [0.2, 0.25) is 0 Å². The first-order chi connectivity index (χ1) is 9.99. The number of rotatable bonds is 7. The zero-order valence-corrected chi connectivity index (χ0v) is 11.5. The molecule has 0 aliphatic rings. The van der Waals surface area contributed by atoms with Crippen LogP contribution in [0.4, 0.5) is 0 Å². The Labute approximate surface area is 122 Å². The zero-order chi connectivity index (χ0) is 15.8. The second-order valence-corrected chi connectivity index (χ2v) is 4.10. The fraction of sp³-hybridized carbons (Fsp3) is 0.267. The fourth-order valence-electron chi connectivity index (χ4n) is 1.53. The van der Waals surface area contributed by atoms with Crippen molar-refractivity contribution in [1.29, 1.82) is 0 Å². The summed E-state index contributed by atoms with van der Waals surface area (Å²) in [5, 5.41) is 10.9. The molecule has 0 saturated carbocycles. The predicted octanol–water partition coefficient (Wildman–Crippen LogP) is 0.715. The number of aromatic carboxylic acids is 1. The maximum atomic E-state index is 11.9. The summed E-state index contributed by atoms with van der Waals surface area (Å²) >= 11 is 0. The van der Waals surface area contributed by atoms with E-state index in [1.165, 1.54) is 24.3 Å². The van der Waals surface area contributed by atoms with E-state index in [4.69, 9.17) is 9.47 Å². The van der Waals surface area contributed by atoms with Gasteiger partial charge in [0.25, 0.3) is 0 Å². The van der Waals surface area contributed by atoms with E-state index in [9.17, 15) is 19.5 Å². The second-order valence-electron chi connectivity index (χ2n) is 4.10. The lowest BCUT2D eigenvalue weighted by molar-refractivity contribution is -0.255. The Morgan fingerprint density at radius 1 is 1.29 bits per heavy atom. The highest BCUT2D eigenvalue weighted by Gasteiger charge is 2.17. The minimum absolute atomic E-state index is 0.109. The van der Waals surface area contributed by atoms with Crippen LogP contribution in [0.5, 0.6) is 0 Å². The largest absolute Gasteiger partial charge is 0.545 e. The third-order valence-corrected chi connectivity index (χ3v) is 2.67. The van der Waals surface area contributed by atoms with E-state index in [1.807, 2.05) is 0 Å². The first-order valence-corrected chi connectivity index (χ1v) is 6.30. The molecule has 0 aliphatic heterocycles. The lowest BCUT2D eigenvalue weighted by atomic mass is 10.1. The van der Waals surface area contributed by atoms with E-state index >= 15 is 0 Å². The Balaban J connectivity index is 2.71. The molecule has 0 bridgehead atoms. The summed E-state index contributed by atoms with van der Waals surface area (Å²) in [6, 6.07) is 5.56. The van der Waals surface area contributed by atoms with E-state index < -0.39 is 24.0 Å². The van der Waals surface area contributed by atoms with Crippen molar-refractivity contribution in [1.82, 2.24) is 0 Å². The summed E-state index contributed by atoms with van der Waals surface area (Å²) in [4.78, 5) is 33.8. The molecule has 0 N–H and O–H groups in total. The van der Waals surface area contributed by atoms with Gasteiger partial charge >= 0.3 is 11.9 Å². The van der Waals surface area contributed by atoms with Crippen LogP contribution in [0, 0.1) is 0 Å². The minimum Gasteiger partial charge on any atom is -0.545 e. The van der Waals surface area contributed by atoms with E-state index in [0.29, 0.717) is 6.42 Å². The molecule has 0 aromatic heterocycles. The molecule has 6 nitrogen and oxygen atoms in total. The number of carboxylic acids is 1. The number of carboxylic acid groups (broad SMARTS) is 1. The molecule has 0 heterocycles. The summed E-state index contributed by atoms with van der Waals surface area (Å²) in [5.41, 5.74) is -0.360. The molecule has 0 fully saturated rings. The van der Waals surface area contributed by atoms with E-state index in [0.717, 1.165) is 6.08 Å². The van der Waals surface area contributed by atoms with Crippen molar-refractivity contribution in [3.8, 4) is 0 Å². The topological polar surface area (TPSA) is 92.7 Å². The van der Waals surface area contributed by atoms with Gasteiger partial charge in [0, 0.05) is 11.6 Å². The third kappa shape index (κ3) is 4.76. The number of esters is 2. The van der Waals surface area contributed by atoms with Gasteiger partial charge in [0.1, 0.15) is 12.7 Å². The average Bonchev–Trinajstić information content (AvgIpc) is 2.50. The van der Waals surface area contributed by atoms with Crippen LogP contribution in [-0.2, 0) is 14.3 Å². The Hall–Kier alpha value is -2.63. The molecule has 0 radical (unpaired) electrons. The summed E-state index contributed by atoms with van der Waals surface area (Å²) in [5.74, 6) is -2.90. The Kier molecular flexibility index (Phi) is 6.13. The maximum Gasteiger partial charge on any atom is 0.338 e. The van der Waals surface area contributed by atoms with Gasteiger partial charge in [0.05, 0.1) is 11.5 Å². The molecule has 1 rings (SSSR count). The van der Waals surface area contributed by atoms with Gasteiger partial charge < -0.3 is 19.4 Å². The number of hydrogen-bond acceptors (Lipinski definition) is 6. The molecule has 0 spiro atoms. The number of benzene rings is 1. The van der Waals surface area contributed by atoms with Gasteiger partial charge in [-0.2, -0.15) is 0 Å². The van der Waals surface area contributed by atoms with Crippen LogP contribution >= 0.6 is 0 Å². The van der Waals surface area contributed by atoms with Crippen molar-refractivity contribution in [2.24, 2.45) is 0 Å². The summed E-state index contributed by atoms with van der Waals surface area (Å²) in [6.45, 7) is 4.85. The number of carbonyl (C=O) groups is 3. The molecule has 1 aromatic carbocycles. The van der Waals surface area contributed by atoms with Gasteiger partial charge in [-0.3, -0.25) is 0 Å². The third-order valence-electron chi connectivity index (χ3n) is 2.67. The molecule has 1 aromatic rings. The number of ether oxygens (including phenoxy) is 2. The van der Waals surface area contributed by atoms with Gasteiger partial charge in [-0.1, -0.05) is 31.7 Å². The predicted molar refractivity (Wildman–Crippen MR) is 71.4 cm³/mol. The molecule has 6 heteroatoms. The molecular formula is C15H15O6-. The monoisotopic (exact) mass is 291 g/mol. The van der Waals surface area contributed by atoms with Crippen LogP contribution in [0.15, 0.2) is 36.9 Å². The minimum atomic E-state index is -1.47. The lowest BCUT2D eigenvalue weighted by Crippen LogP contribution is -2.27. The standard InChI is InChI=1S/C15H16O6/c1-3-10(21-13(16)4-2)9-20-15(19)12-8-6-5-7-11(12)14(17)18/h4-8,10H,2-3,9H2,1H3,(H,17,18)/p-1. The zero-order valence-electron chi connectivity index (χ0n) is 11.5. The normalized spacial score (nSPS) is 11.3. The highest BCUT2D eigenvalue weighted by Crippen LogP contribution is 2.10. The van der Waals surface area contributed by atoms with Crippen molar-refractivity contribution in [3.05, 3.63) is 48.0 Å². The second kappa shape index (κ2) is 7.84. The van der Waals surface area contributed by atoms with Gasteiger partial charge in [0.15, 0.2) is 0 Å². The molecule has 0 aliphatic carbocycles. The first-order valence-electron chi connectivity index (χ1n) is 6.30. The quantitative estimate of drug-likeness (QED) is 0.542. The molecule has 1 atom stereocenters. The van der Waals surface area contributed by atoms with Crippen LogP contribution < -0.4 is 5.11 Å². The van der Waals surface area contributed by atoms with Crippen LogP contribution in [0.2, 0.25) is 0 Å². The summed E-state index contributed by atoms with van der Waals surface area (Å²) in [7, 11) is 0. The summed E-state index contributed by atoms with van der Waals surface area (Å²) < 4.78 is 9.93. The Morgan fingerprint density at radius 2 is 1.90 bits per heavy atom. The highest BCUT2D eigenvalue weighted by molar-refractivity contribution is 6.01. The summed E-state index contributed by atoms with van der Waals surface area (Å²) in [6.07, 6.45) is 0.833. The van der Waals surface area contributed by atoms with Crippen molar-refractivity contribution >= 4 is 17.9 Å². The molecule has 112 valence electrons. The average molecular weight is 291 g/mol. The Morgan fingerprint density at radius 3 is 2.43 bits per heavy atom. The van der Waals surface area contributed by atoms with Crippen LogP contribution in [-0.4, -0.2) is 30.6 Å². The van der Waals surface area contributed by atoms with E-state index in [2.05, 4.69) is 6.58 Å². The number of carbonyl (C=O) groups excluding carboxylic acids is 3. The van der Waals surface area contributed by atoms with Crippen molar-refractivity contribution in [3.63, 3.8) is 0 Å². The molecule has 0 saturated heterocycles. The van der Waals surface area contributed by atoms with Crippen LogP contribution in [0.1, 0.15) is 34.1 Å². The lowest BCUT2D eigenvalue weighted by Gasteiger charge is -2.16. The van der Waals surface area contributed by atoms with Gasteiger partial charge in [-0.05, 0) is 12.5 Å². The van der Waals surface area contributed by atoms with E-state index in [-0.39, 0.29) is 17.7 Å². The molecular weight excluding hydrogens is 276 g/mol. The maximum absolute atomic E-state index is 11.9. The highest BCUT2D eigenvalue weighted by atomic mass is 16.6. The molecule has 1 unspecified atom stereocenters. The fourth-order valence-corrected chi connectivity index (χ4v) is 1.53. The SMILES string of the molecule is C=CC(=O)OC(CC)COC(=O)c1ccccc1C(=O)[O-]. The van der Waals surface area contributed by atoms with Gasteiger partial charge in [-0.15, -0.1) is 0 Å². The Bertz CT molecular complexity index is 549. The first kappa shape index (κ1) is 16.4.